The fraction of sp³-hybridized carbons (Fsp3) is 0.280. The summed E-state index contributed by atoms with van der Waals surface area (Å²) < 4.78 is 11.8. The first-order valence-electron chi connectivity index (χ1n) is 9.99. The summed E-state index contributed by atoms with van der Waals surface area (Å²) in [5.74, 6) is 0. The average molecular weight is 390 g/mol. The van der Waals surface area contributed by atoms with Crippen molar-refractivity contribution in [2.75, 3.05) is 6.61 Å². The highest BCUT2D eigenvalue weighted by Gasteiger charge is 2.37. The molecule has 1 fully saturated rings. The molecule has 1 aliphatic heterocycles. The van der Waals surface area contributed by atoms with Crippen LogP contribution in [0.2, 0.25) is 0 Å². The van der Waals surface area contributed by atoms with E-state index in [1.54, 1.807) is 0 Å². The molecule has 0 aliphatic carbocycles. The predicted molar refractivity (Wildman–Crippen MR) is 112 cm³/mol. The van der Waals surface area contributed by atoms with Gasteiger partial charge in [0.15, 0.2) is 0 Å². The molecule has 0 aromatic heterocycles. The summed E-state index contributed by atoms with van der Waals surface area (Å²) in [4.78, 5) is 0. The first kappa shape index (κ1) is 19.8. The average Bonchev–Trinajstić information content (AvgIpc) is 2.78. The minimum absolute atomic E-state index is 0.228. The van der Waals surface area contributed by atoms with Gasteiger partial charge in [0, 0.05) is 6.42 Å². The summed E-state index contributed by atoms with van der Waals surface area (Å²) in [5, 5.41) is 20.7. The molecule has 0 radical (unpaired) electrons. The van der Waals surface area contributed by atoms with E-state index in [4.69, 9.17) is 9.47 Å². The van der Waals surface area contributed by atoms with Crippen LogP contribution in [0.25, 0.3) is 11.1 Å². The Kier molecular flexibility index (Phi) is 6.37. The van der Waals surface area contributed by atoms with Gasteiger partial charge in [-0.3, -0.25) is 0 Å². The second kappa shape index (κ2) is 9.33. The quantitative estimate of drug-likeness (QED) is 0.665. The van der Waals surface area contributed by atoms with Gasteiger partial charge in [0.25, 0.3) is 0 Å². The van der Waals surface area contributed by atoms with Crippen molar-refractivity contribution in [1.29, 1.82) is 0 Å². The minimum Gasteiger partial charge on any atom is -0.390 e. The second-order valence-corrected chi connectivity index (χ2v) is 7.45. The fourth-order valence-corrected chi connectivity index (χ4v) is 3.69. The molecule has 0 saturated carbocycles. The Balaban J connectivity index is 1.40. The number of benzene rings is 3. The third-order valence-corrected chi connectivity index (χ3v) is 5.35. The van der Waals surface area contributed by atoms with Crippen LogP contribution in [0.1, 0.15) is 23.7 Å². The van der Waals surface area contributed by atoms with Crippen molar-refractivity contribution in [3.05, 3.63) is 96.1 Å². The highest BCUT2D eigenvalue weighted by atomic mass is 16.6. The number of aliphatic hydroxyl groups is 2. The van der Waals surface area contributed by atoms with Crippen LogP contribution in [-0.4, -0.2) is 35.1 Å². The molecule has 0 spiro atoms. The molecule has 1 aliphatic rings. The van der Waals surface area contributed by atoms with Gasteiger partial charge in [-0.05, 0) is 22.3 Å². The summed E-state index contributed by atoms with van der Waals surface area (Å²) in [5.41, 5.74) is 4.34. The number of hydrogen-bond acceptors (Lipinski definition) is 4. The number of hydrogen-bond donors (Lipinski definition) is 2. The van der Waals surface area contributed by atoms with Crippen LogP contribution < -0.4 is 0 Å². The molecule has 150 valence electrons. The maximum absolute atomic E-state index is 10.3. The van der Waals surface area contributed by atoms with E-state index in [0.29, 0.717) is 13.0 Å². The van der Waals surface area contributed by atoms with Gasteiger partial charge in [-0.2, -0.15) is 0 Å². The van der Waals surface area contributed by atoms with Gasteiger partial charge in [0.2, 0.25) is 0 Å². The molecule has 4 atom stereocenters. The van der Waals surface area contributed by atoms with E-state index in [0.717, 1.165) is 22.3 Å². The van der Waals surface area contributed by atoms with Crippen molar-refractivity contribution in [2.24, 2.45) is 0 Å². The second-order valence-electron chi connectivity index (χ2n) is 7.45. The van der Waals surface area contributed by atoms with Gasteiger partial charge in [0.1, 0.15) is 12.2 Å². The first-order valence-corrected chi connectivity index (χ1v) is 9.99. The molecule has 2 N–H and O–H groups in total. The van der Waals surface area contributed by atoms with Gasteiger partial charge in [0.05, 0.1) is 25.4 Å². The lowest BCUT2D eigenvalue weighted by Crippen LogP contribution is -2.47. The van der Waals surface area contributed by atoms with E-state index in [-0.39, 0.29) is 12.7 Å². The Morgan fingerprint density at radius 2 is 1.41 bits per heavy atom. The van der Waals surface area contributed by atoms with Crippen molar-refractivity contribution in [1.82, 2.24) is 0 Å². The molecule has 0 unspecified atom stereocenters. The zero-order valence-corrected chi connectivity index (χ0v) is 16.2. The summed E-state index contributed by atoms with van der Waals surface area (Å²) in [6.45, 7) is 0.672. The maximum atomic E-state index is 10.3. The lowest BCUT2D eigenvalue weighted by molar-refractivity contribution is -0.188. The van der Waals surface area contributed by atoms with Gasteiger partial charge >= 0.3 is 0 Å². The molecule has 1 heterocycles. The molecule has 1 saturated heterocycles. The molecule has 4 nitrogen and oxygen atoms in total. The van der Waals surface area contributed by atoms with Crippen LogP contribution in [-0.2, 0) is 16.1 Å². The molecule has 3 aromatic carbocycles. The van der Waals surface area contributed by atoms with Crippen molar-refractivity contribution in [2.45, 2.75) is 37.4 Å². The van der Waals surface area contributed by atoms with Crippen molar-refractivity contribution >= 4 is 0 Å². The van der Waals surface area contributed by atoms with Crippen LogP contribution in [0.3, 0.4) is 0 Å². The molecule has 4 rings (SSSR count). The Labute approximate surface area is 171 Å². The van der Waals surface area contributed by atoms with Crippen LogP contribution >= 0.6 is 0 Å². The van der Waals surface area contributed by atoms with E-state index in [1.165, 1.54) is 0 Å². The van der Waals surface area contributed by atoms with Gasteiger partial charge in [-0.15, -0.1) is 0 Å². The summed E-state index contributed by atoms with van der Waals surface area (Å²) >= 11 is 0. The van der Waals surface area contributed by atoms with Gasteiger partial charge < -0.3 is 19.7 Å². The zero-order chi connectivity index (χ0) is 20.1. The highest BCUT2D eigenvalue weighted by Crippen LogP contribution is 2.33. The summed E-state index contributed by atoms with van der Waals surface area (Å²) in [6.07, 6.45) is -2.27. The fourth-order valence-electron chi connectivity index (χ4n) is 3.69. The Morgan fingerprint density at radius 3 is 2.10 bits per heavy atom. The summed E-state index contributed by atoms with van der Waals surface area (Å²) in [7, 11) is 0. The van der Waals surface area contributed by atoms with Crippen molar-refractivity contribution < 1.29 is 19.7 Å². The first-order chi connectivity index (χ1) is 14.2. The standard InChI is InChI=1S/C25H26O4/c26-22-15-23(21-13-11-20(12-14-21)19-9-5-2-6-10-19)29-24(25(22)27)17-28-16-18-7-3-1-4-8-18/h1-14,22-27H,15-17H2/t22-,23-,24-,25+/m1/s1. The van der Waals surface area contributed by atoms with Crippen LogP contribution in [0.15, 0.2) is 84.9 Å². The molecule has 0 bridgehead atoms. The Morgan fingerprint density at radius 1 is 0.793 bits per heavy atom. The number of ether oxygens (including phenoxy) is 2. The van der Waals surface area contributed by atoms with Crippen molar-refractivity contribution in [3.8, 4) is 11.1 Å². The lowest BCUT2D eigenvalue weighted by atomic mass is 9.93. The van der Waals surface area contributed by atoms with E-state index in [1.807, 2.05) is 60.7 Å². The SMILES string of the molecule is O[C@H]1[C@H](O)C[C@H](c2ccc(-c3ccccc3)cc2)O[C@@H]1COCc1ccccc1. The largest absolute Gasteiger partial charge is 0.390 e. The Hall–Kier alpha value is -2.50. The molecule has 0 amide bonds. The van der Waals surface area contributed by atoms with E-state index >= 15 is 0 Å². The molecule has 29 heavy (non-hydrogen) atoms. The number of rotatable bonds is 6. The van der Waals surface area contributed by atoms with Gasteiger partial charge in [-0.1, -0.05) is 84.9 Å². The smallest absolute Gasteiger partial charge is 0.110 e. The number of aliphatic hydroxyl groups excluding tert-OH is 2. The molecule has 4 heteroatoms. The molecular formula is C25H26O4. The zero-order valence-electron chi connectivity index (χ0n) is 16.2. The normalized spacial score (nSPS) is 24.3. The third kappa shape index (κ3) is 4.92. The summed E-state index contributed by atoms with van der Waals surface area (Å²) in [6, 6.07) is 28.2. The lowest BCUT2D eigenvalue weighted by Gasteiger charge is -2.37. The topological polar surface area (TPSA) is 58.9 Å². The molecule has 3 aromatic rings. The van der Waals surface area contributed by atoms with Crippen molar-refractivity contribution in [3.63, 3.8) is 0 Å². The predicted octanol–water partition coefficient (Wildman–Crippen LogP) is 4.12. The molecular weight excluding hydrogens is 364 g/mol. The third-order valence-electron chi connectivity index (χ3n) is 5.35. The van der Waals surface area contributed by atoms with Crippen LogP contribution in [0.4, 0.5) is 0 Å². The van der Waals surface area contributed by atoms with E-state index in [9.17, 15) is 10.2 Å². The monoisotopic (exact) mass is 390 g/mol. The van der Waals surface area contributed by atoms with Crippen LogP contribution in [0.5, 0.6) is 0 Å². The maximum Gasteiger partial charge on any atom is 0.110 e. The van der Waals surface area contributed by atoms with Crippen LogP contribution in [0, 0.1) is 0 Å². The minimum atomic E-state index is -0.953. The van der Waals surface area contributed by atoms with E-state index < -0.39 is 18.3 Å². The Bertz CT molecular complexity index is 880. The highest BCUT2D eigenvalue weighted by molar-refractivity contribution is 5.63. The van der Waals surface area contributed by atoms with E-state index in [2.05, 4.69) is 24.3 Å². The van der Waals surface area contributed by atoms with Gasteiger partial charge in [-0.25, -0.2) is 0 Å².